The summed E-state index contributed by atoms with van der Waals surface area (Å²) in [6.45, 7) is 2.27. The third-order valence-electron chi connectivity index (χ3n) is 4.70. The molecule has 0 bridgehead atoms. The van der Waals surface area contributed by atoms with Crippen LogP contribution < -0.4 is 5.32 Å². The van der Waals surface area contributed by atoms with Crippen LogP contribution in [0.1, 0.15) is 34.3 Å². The first-order chi connectivity index (χ1) is 13.5. The fraction of sp³-hybridized carbons (Fsp3) is 0.368. The van der Waals surface area contributed by atoms with Crippen molar-refractivity contribution in [3.8, 4) is 10.8 Å². The minimum atomic E-state index is -0.428. The zero-order chi connectivity index (χ0) is 19.7. The Kier molecular flexibility index (Phi) is 5.36. The van der Waals surface area contributed by atoms with Crippen molar-refractivity contribution in [3.63, 3.8) is 0 Å². The highest BCUT2D eigenvalue weighted by atomic mass is 32.2. The summed E-state index contributed by atoms with van der Waals surface area (Å²) in [5.41, 5.74) is 1.80. The molecule has 0 fully saturated rings. The van der Waals surface area contributed by atoms with Gasteiger partial charge in [-0.05, 0) is 48.9 Å². The number of hydrogen-bond donors (Lipinski definition) is 1. The topological polar surface area (TPSA) is 90.0 Å². The molecule has 0 saturated heterocycles. The number of nitrogens with zero attached hydrogens (tertiary/aromatic N) is 3. The summed E-state index contributed by atoms with van der Waals surface area (Å²) in [4.78, 5) is 26.4. The molecule has 7 nitrogen and oxygen atoms in total. The van der Waals surface area contributed by atoms with E-state index in [-0.39, 0.29) is 5.75 Å². The average molecular weight is 417 g/mol. The Morgan fingerprint density at radius 3 is 3.07 bits per heavy atom. The van der Waals surface area contributed by atoms with Gasteiger partial charge in [-0.1, -0.05) is 18.7 Å². The number of carbonyl (C=O) groups excluding carboxylic acids is 2. The predicted molar refractivity (Wildman–Crippen MR) is 107 cm³/mol. The summed E-state index contributed by atoms with van der Waals surface area (Å²) in [7, 11) is 1.75. The van der Waals surface area contributed by atoms with E-state index in [1.165, 1.54) is 16.9 Å². The van der Waals surface area contributed by atoms with Crippen LogP contribution in [0.4, 0.5) is 0 Å². The Balaban J connectivity index is 1.34. The van der Waals surface area contributed by atoms with Gasteiger partial charge >= 0.3 is 0 Å². The molecular formula is C19H20N4O3S2. The van der Waals surface area contributed by atoms with Gasteiger partial charge < -0.3 is 8.98 Å². The number of thioether (sulfide) groups is 1. The third kappa shape index (κ3) is 4.05. The maximum atomic E-state index is 12.0. The second-order valence-corrected chi connectivity index (χ2v) is 9.01. The minimum Gasteiger partial charge on any atom is -0.410 e. The molecule has 4 rings (SSSR count). The van der Waals surface area contributed by atoms with Gasteiger partial charge in [0, 0.05) is 18.1 Å². The largest absolute Gasteiger partial charge is 0.410 e. The van der Waals surface area contributed by atoms with Gasteiger partial charge in [0.25, 0.3) is 17.0 Å². The van der Waals surface area contributed by atoms with E-state index >= 15 is 0 Å². The lowest BCUT2D eigenvalue weighted by Crippen LogP contribution is -2.32. The van der Waals surface area contributed by atoms with E-state index in [0.29, 0.717) is 22.7 Å². The summed E-state index contributed by atoms with van der Waals surface area (Å²) >= 11 is 2.82. The molecule has 2 amide bonds. The van der Waals surface area contributed by atoms with Gasteiger partial charge in [0.15, 0.2) is 0 Å². The Morgan fingerprint density at radius 1 is 1.43 bits per heavy atom. The van der Waals surface area contributed by atoms with Crippen LogP contribution in [0, 0.1) is 5.92 Å². The number of rotatable bonds is 5. The molecular weight excluding hydrogens is 396 g/mol. The molecule has 3 aromatic heterocycles. The highest BCUT2D eigenvalue weighted by molar-refractivity contribution is 7.99. The van der Waals surface area contributed by atoms with E-state index < -0.39 is 11.8 Å². The summed E-state index contributed by atoms with van der Waals surface area (Å²) in [5, 5.41) is 10.8. The van der Waals surface area contributed by atoms with Gasteiger partial charge in [0.05, 0.1) is 10.6 Å². The molecule has 146 valence electrons. The molecule has 0 aliphatic heterocycles. The number of amides is 2. The number of nitrogens with one attached hydrogen (secondary N) is 1. The van der Waals surface area contributed by atoms with Crippen molar-refractivity contribution >= 4 is 34.9 Å². The molecule has 0 spiro atoms. The number of hydrogen-bond acceptors (Lipinski definition) is 7. The van der Waals surface area contributed by atoms with Crippen LogP contribution in [-0.2, 0) is 24.7 Å². The second-order valence-electron chi connectivity index (χ2n) is 6.95. The maximum absolute atomic E-state index is 12.0. The van der Waals surface area contributed by atoms with Crippen molar-refractivity contribution in [3.05, 3.63) is 40.5 Å². The fourth-order valence-corrected chi connectivity index (χ4v) is 4.92. The van der Waals surface area contributed by atoms with Gasteiger partial charge in [0.2, 0.25) is 5.91 Å². The Morgan fingerprint density at radius 2 is 2.29 bits per heavy atom. The number of aryl methyl sites for hydroxylation is 2. The van der Waals surface area contributed by atoms with Crippen molar-refractivity contribution in [2.75, 3.05) is 5.75 Å². The molecule has 3 aromatic rings. The van der Waals surface area contributed by atoms with Crippen molar-refractivity contribution in [2.45, 2.75) is 31.4 Å². The zero-order valence-electron chi connectivity index (χ0n) is 15.6. The van der Waals surface area contributed by atoms with Gasteiger partial charge in [-0.15, -0.1) is 21.5 Å². The number of fused-ring (bicyclic) bond motifs is 1. The first-order valence-electron chi connectivity index (χ1n) is 9.03. The van der Waals surface area contributed by atoms with E-state index in [4.69, 9.17) is 4.42 Å². The van der Waals surface area contributed by atoms with E-state index in [1.54, 1.807) is 41.3 Å². The van der Waals surface area contributed by atoms with Crippen molar-refractivity contribution < 1.29 is 14.0 Å². The van der Waals surface area contributed by atoms with Gasteiger partial charge in [-0.25, -0.2) is 0 Å². The minimum absolute atomic E-state index is 0.0241. The lowest BCUT2D eigenvalue weighted by Gasteiger charge is -2.16. The molecule has 1 aliphatic carbocycles. The highest BCUT2D eigenvalue weighted by Crippen LogP contribution is 2.37. The van der Waals surface area contributed by atoms with E-state index in [1.807, 2.05) is 0 Å². The molecule has 0 radical (unpaired) electrons. The summed E-state index contributed by atoms with van der Waals surface area (Å²) < 4.78 is 7.36. The second kappa shape index (κ2) is 7.92. The van der Waals surface area contributed by atoms with E-state index in [9.17, 15) is 9.59 Å². The SMILES string of the molecule is CC1CCc2sc(-c3nnc(SCC(=O)NC(=O)c4cccn4C)o3)cc2C1. The third-order valence-corrected chi connectivity index (χ3v) is 6.75. The summed E-state index contributed by atoms with van der Waals surface area (Å²) in [5.74, 6) is 0.380. The standard InChI is InChI=1S/C19H20N4O3S2/c1-11-5-6-14-12(8-11)9-15(28-14)18-21-22-19(26-18)27-10-16(24)20-17(25)13-4-3-7-23(13)2/h3-4,7,9,11H,5-6,8,10H2,1-2H3,(H,20,24,25). The normalized spacial score (nSPS) is 16.0. The Bertz CT molecular complexity index is 1020. The van der Waals surface area contributed by atoms with Gasteiger partial charge in [-0.2, -0.15) is 0 Å². The molecule has 9 heteroatoms. The molecule has 1 unspecified atom stereocenters. The van der Waals surface area contributed by atoms with Crippen molar-refractivity contribution in [1.29, 1.82) is 0 Å². The van der Waals surface area contributed by atoms with Crippen molar-refractivity contribution in [1.82, 2.24) is 20.1 Å². The highest BCUT2D eigenvalue weighted by Gasteiger charge is 2.21. The van der Waals surface area contributed by atoms with Crippen LogP contribution in [0.2, 0.25) is 0 Å². The van der Waals surface area contributed by atoms with Crippen LogP contribution in [0.25, 0.3) is 10.8 Å². The number of carbonyl (C=O) groups is 2. The van der Waals surface area contributed by atoms with E-state index in [0.717, 1.165) is 29.5 Å². The molecule has 0 aromatic carbocycles. The molecule has 28 heavy (non-hydrogen) atoms. The number of imide groups is 1. The lowest BCUT2D eigenvalue weighted by atomic mass is 9.90. The van der Waals surface area contributed by atoms with Crippen LogP contribution in [0.5, 0.6) is 0 Å². The number of aromatic nitrogens is 3. The predicted octanol–water partition coefficient (Wildman–Crippen LogP) is 3.31. The quantitative estimate of drug-likeness (QED) is 0.642. The Hall–Kier alpha value is -2.39. The summed E-state index contributed by atoms with van der Waals surface area (Å²) in [6, 6.07) is 5.54. The molecule has 0 saturated carbocycles. The van der Waals surface area contributed by atoms with Crippen LogP contribution in [0.3, 0.4) is 0 Å². The average Bonchev–Trinajstić information content (AvgIpc) is 3.38. The summed E-state index contributed by atoms with van der Waals surface area (Å²) in [6.07, 6.45) is 5.16. The van der Waals surface area contributed by atoms with Crippen LogP contribution in [0.15, 0.2) is 34.0 Å². The number of thiophene rings is 1. The molecule has 1 N–H and O–H groups in total. The molecule has 1 atom stereocenters. The maximum Gasteiger partial charge on any atom is 0.277 e. The van der Waals surface area contributed by atoms with Crippen LogP contribution in [-0.4, -0.2) is 32.3 Å². The first-order valence-corrected chi connectivity index (χ1v) is 10.8. The van der Waals surface area contributed by atoms with Crippen molar-refractivity contribution in [2.24, 2.45) is 13.0 Å². The monoisotopic (exact) mass is 416 g/mol. The smallest absolute Gasteiger partial charge is 0.277 e. The lowest BCUT2D eigenvalue weighted by molar-refractivity contribution is -0.117. The van der Waals surface area contributed by atoms with Gasteiger partial charge in [0.1, 0.15) is 5.69 Å². The van der Waals surface area contributed by atoms with Gasteiger partial charge in [-0.3, -0.25) is 14.9 Å². The fourth-order valence-electron chi connectivity index (χ4n) is 3.23. The van der Waals surface area contributed by atoms with Crippen LogP contribution >= 0.6 is 23.1 Å². The zero-order valence-corrected chi connectivity index (χ0v) is 17.2. The Labute approximate surface area is 170 Å². The first kappa shape index (κ1) is 18.9. The van der Waals surface area contributed by atoms with E-state index in [2.05, 4.69) is 28.5 Å². The molecule has 1 aliphatic rings. The molecule has 3 heterocycles.